The summed E-state index contributed by atoms with van der Waals surface area (Å²) in [4.78, 5) is 29.2. The first-order valence-electron chi connectivity index (χ1n) is 9.18. The number of thiocarbonyl (C=S) groups is 1. The average Bonchev–Trinajstić information content (AvgIpc) is 3.12. The van der Waals surface area contributed by atoms with Crippen molar-refractivity contribution in [3.63, 3.8) is 0 Å². The monoisotopic (exact) mass is 418 g/mol. The van der Waals surface area contributed by atoms with Crippen molar-refractivity contribution in [2.45, 2.75) is 6.61 Å². The topological polar surface area (TPSA) is 99.0 Å². The fourth-order valence-electron chi connectivity index (χ4n) is 2.92. The SMILES string of the molecule is O=C(NC(=S)Nc1ccc2[nH]c(=O)[nH]c2c1)c1cccc(OCc2ccccc2)c1. The second-order valence-electron chi connectivity index (χ2n) is 6.55. The normalized spacial score (nSPS) is 10.5. The fourth-order valence-corrected chi connectivity index (χ4v) is 3.13. The Bertz CT molecular complexity index is 1260. The maximum absolute atomic E-state index is 12.5. The minimum absolute atomic E-state index is 0.146. The molecular formula is C22H18N4O3S. The van der Waals surface area contributed by atoms with Crippen molar-refractivity contribution < 1.29 is 9.53 Å². The fraction of sp³-hybridized carbons (Fsp3) is 0.0455. The summed E-state index contributed by atoms with van der Waals surface area (Å²) in [6.07, 6.45) is 0. The second kappa shape index (κ2) is 8.62. The molecule has 30 heavy (non-hydrogen) atoms. The van der Waals surface area contributed by atoms with Gasteiger partial charge in [-0.05, 0) is 54.2 Å². The van der Waals surface area contributed by atoms with Gasteiger partial charge in [0.25, 0.3) is 5.91 Å². The largest absolute Gasteiger partial charge is 0.489 e. The molecule has 0 unspecified atom stereocenters. The van der Waals surface area contributed by atoms with E-state index in [1.54, 1.807) is 42.5 Å². The van der Waals surface area contributed by atoms with E-state index in [9.17, 15) is 9.59 Å². The highest BCUT2D eigenvalue weighted by molar-refractivity contribution is 7.80. The average molecular weight is 418 g/mol. The number of benzene rings is 3. The predicted molar refractivity (Wildman–Crippen MR) is 120 cm³/mol. The molecule has 0 saturated heterocycles. The van der Waals surface area contributed by atoms with Gasteiger partial charge in [0, 0.05) is 11.3 Å². The molecule has 4 aromatic rings. The third-order valence-electron chi connectivity index (χ3n) is 4.35. The minimum Gasteiger partial charge on any atom is -0.489 e. The summed E-state index contributed by atoms with van der Waals surface area (Å²) in [6, 6.07) is 21.9. The van der Waals surface area contributed by atoms with Crippen LogP contribution in [0.5, 0.6) is 5.75 Å². The number of carbonyl (C=O) groups is 1. The Labute approximate surface area is 177 Å². The number of ether oxygens (including phenoxy) is 1. The number of amides is 1. The number of hydrogen-bond donors (Lipinski definition) is 4. The highest BCUT2D eigenvalue weighted by Gasteiger charge is 2.10. The van der Waals surface area contributed by atoms with Crippen molar-refractivity contribution in [1.29, 1.82) is 0 Å². The van der Waals surface area contributed by atoms with E-state index in [1.165, 1.54) is 0 Å². The highest BCUT2D eigenvalue weighted by Crippen LogP contribution is 2.16. The van der Waals surface area contributed by atoms with E-state index in [-0.39, 0.29) is 16.7 Å². The molecule has 8 heteroatoms. The molecule has 0 atom stereocenters. The van der Waals surface area contributed by atoms with Crippen LogP contribution in [0.3, 0.4) is 0 Å². The van der Waals surface area contributed by atoms with Crippen molar-refractivity contribution in [1.82, 2.24) is 15.3 Å². The lowest BCUT2D eigenvalue weighted by Crippen LogP contribution is -2.34. The molecule has 4 N–H and O–H groups in total. The van der Waals surface area contributed by atoms with Gasteiger partial charge in [0.15, 0.2) is 5.11 Å². The zero-order chi connectivity index (χ0) is 20.9. The Balaban J connectivity index is 1.37. The molecule has 0 radical (unpaired) electrons. The molecule has 0 aliphatic carbocycles. The molecule has 3 aromatic carbocycles. The molecule has 150 valence electrons. The van der Waals surface area contributed by atoms with E-state index < -0.39 is 0 Å². The predicted octanol–water partition coefficient (Wildman–Crippen LogP) is 3.56. The van der Waals surface area contributed by atoms with Crippen molar-refractivity contribution in [3.05, 3.63) is 94.4 Å². The van der Waals surface area contributed by atoms with Crippen molar-refractivity contribution >= 4 is 40.0 Å². The van der Waals surface area contributed by atoms with E-state index in [4.69, 9.17) is 17.0 Å². The van der Waals surface area contributed by atoms with Gasteiger partial charge in [-0.1, -0.05) is 36.4 Å². The summed E-state index contributed by atoms with van der Waals surface area (Å²) in [6.45, 7) is 0.412. The number of aromatic amines is 2. The molecule has 1 aromatic heterocycles. The molecule has 4 rings (SSSR count). The van der Waals surface area contributed by atoms with Gasteiger partial charge in [0.05, 0.1) is 11.0 Å². The van der Waals surface area contributed by atoms with Crippen molar-refractivity contribution in [2.75, 3.05) is 5.32 Å². The minimum atomic E-state index is -0.353. The maximum Gasteiger partial charge on any atom is 0.323 e. The number of hydrogen-bond acceptors (Lipinski definition) is 4. The van der Waals surface area contributed by atoms with E-state index in [0.29, 0.717) is 34.6 Å². The van der Waals surface area contributed by atoms with Crippen LogP contribution in [0.1, 0.15) is 15.9 Å². The van der Waals surface area contributed by atoms with Crippen LogP contribution in [0.4, 0.5) is 5.69 Å². The number of aromatic nitrogens is 2. The standard InChI is InChI=1S/C22H18N4O3S/c27-20(15-7-4-8-17(11-15)29-13-14-5-2-1-3-6-14)26-22(30)23-16-9-10-18-19(12-16)25-21(28)24-18/h1-12H,13H2,(H2,24,25,28)(H2,23,26,27,30). The van der Waals surface area contributed by atoms with E-state index in [0.717, 1.165) is 5.56 Å². The third kappa shape index (κ3) is 4.73. The van der Waals surface area contributed by atoms with Crippen LogP contribution in [-0.4, -0.2) is 21.0 Å². The Morgan fingerprint density at radius 1 is 0.933 bits per heavy atom. The van der Waals surface area contributed by atoms with Gasteiger partial charge < -0.3 is 20.0 Å². The maximum atomic E-state index is 12.5. The Kier molecular flexibility index (Phi) is 5.58. The quantitative estimate of drug-likeness (QED) is 0.372. The third-order valence-corrected chi connectivity index (χ3v) is 4.55. The number of fused-ring (bicyclic) bond motifs is 1. The van der Waals surface area contributed by atoms with Crippen LogP contribution < -0.4 is 21.1 Å². The molecular weight excluding hydrogens is 400 g/mol. The molecule has 0 fully saturated rings. The summed E-state index contributed by atoms with van der Waals surface area (Å²) in [5, 5.41) is 5.73. The second-order valence-corrected chi connectivity index (χ2v) is 6.96. The summed E-state index contributed by atoms with van der Waals surface area (Å²) in [5.74, 6) is 0.237. The number of imidazole rings is 1. The molecule has 0 aliphatic heterocycles. The van der Waals surface area contributed by atoms with Gasteiger partial charge in [-0.2, -0.15) is 0 Å². The van der Waals surface area contributed by atoms with Crippen LogP contribution >= 0.6 is 12.2 Å². The molecule has 7 nitrogen and oxygen atoms in total. The molecule has 0 bridgehead atoms. The first-order chi connectivity index (χ1) is 14.6. The van der Waals surface area contributed by atoms with E-state index in [1.807, 2.05) is 30.3 Å². The van der Waals surface area contributed by atoms with Gasteiger partial charge in [-0.15, -0.1) is 0 Å². The van der Waals surface area contributed by atoms with E-state index in [2.05, 4.69) is 20.6 Å². The first kappa shape index (κ1) is 19.4. The summed E-state index contributed by atoms with van der Waals surface area (Å²) < 4.78 is 5.77. The van der Waals surface area contributed by atoms with Gasteiger partial charge in [-0.3, -0.25) is 10.1 Å². The van der Waals surface area contributed by atoms with Crippen LogP contribution in [0, 0.1) is 0 Å². The van der Waals surface area contributed by atoms with Crippen LogP contribution in [0.2, 0.25) is 0 Å². The van der Waals surface area contributed by atoms with Crippen LogP contribution in [0.25, 0.3) is 11.0 Å². The lowest BCUT2D eigenvalue weighted by Gasteiger charge is -2.11. The number of rotatable bonds is 5. The highest BCUT2D eigenvalue weighted by atomic mass is 32.1. The van der Waals surface area contributed by atoms with Crippen molar-refractivity contribution in [3.8, 4) is 5.75 Å². The number of nitrogens with one attached hydrogen (secondary N) is 4. The Hall–Kier alpha value is -3.91. The van der Waals surface area contributed by atoms with Crippen molar-refractivity contribution in [2.24, 2.45) is 0 Å². The number of carbonyl (C=O) groups excluding carboxylic acids is 1. The molecule has 0 saturated carbocycles. The molecule has 0 aliphatic rings. The van der Waals surface area contributed by atoms with E-state index >= 15 is 0 Å². The Morgan fingerprint density at radius 3 is 2.57 bits per heavy atom. The molecule has 1 heterocycles. The van der Waals surface area contributed by atoms with Gasteiger partial charge >= 0.3 is 5.69 Å². The number of anilines is 1. The molecule has 1 amide bonds. The summed E-state index contributed by atoms with van der Waals surface area (Å²) in [7, 11) is 0. The Morgan fingerprint density at radius 2 is 1.73 bits per heavy atom. The zero-order valence-electron chi connectivity index (χ0n) is 15.8. The zero-order valence-corrected chi connectivity index (χ0v) is 16.6. The lowest BCUT2D eigenvalue weighted by molar-refractivity contribution is 0.0977. The van der Waals surface area contributed by atoms with Gasteiger partial charge in [0.2, 0.25) is 0 Å². The first-order valence-corrected chi connectivity index (χ1v) is 9.59. The summed E-state index contributed by atoms with van der Waals surface area (Å²) >= 11 is 5.23. The van der Waals surface area contributed by atoms with Gasteiger partial charge in [-0.25, -0.2) is 4.79 Å². The lowest BCUT2D eigenvalue weighted by atomic mass is 10.2. The summed E-state index contributed by atoms with van der Waals surface area (Å²) in [5.41, 5.74) is 3.15. The van der Waals surface area contributed by atoms with Crippen LogP contribution in [0.15, 0.2) is 77.6 Å². The van der Waals surface area contributed by atoms with Gasteiger partial charge in [0.1, 0.15) is 12.4 Å². The number of H-pyrrole nitrogens is 2. The smallest absolute Gasteiger partial charge is 0.323 e. The van der Waals surface area contributed by atoms with Crippen LogP contribution in [-0.2, 0) is 6.61 Å². The molecule has 0 spiro atoms.